The summed E-state index contributed by atoms with van der Waals surface area (Å²) in [4.78, 5) is 11.4. The van der Waals surface area contributed by atoms with Crippen molar-refractivity contribution in [2.24, 2.45) is 0 Å². The highest BCUT2D eigenvalue weighted by Crippen LogP contribution is 2.23. The van der Waals surface area contributed by atoms with Crippen molar-refractivity contribution in [2.45, 2.75) is 10.6 Å². The van der Waals surface area contributed by atoms with Crippen molar-refractivity contribution in [1.29, 1.82) is 5.26 Å². The van der Waals surface area contributed by atoms with Gasteiger partial charge >= 0.3 is 5.97 Å². The number of phenols is 1. The average molecular weight is 331 g/mol. The second-order valence-electron chi connectivity index (χ2n) is 4.74. The lowest BCUT2D eigenvalue weighted by molar-refractivity contribution is 0.0597. The zero-order chi connectivity index (χ0) is 17.0. The standard InChI is InChI=1S/C16H13NO5S/c1-22-16(19)14-6-5-12(8-15(14)18)10-23(20,21)13-4-2-3-11(7-13)9-17/h2-8,18H,10H2,1H3. The maximum atomic E-state index is 12.4. The summed E-state index contributed by atoms with van der Waals surface area (Å²) in [5.41, 5.74) is 0.521. The molecule has 2 aromatic rings. The summed E-state index contributed by atoms with van der Waals surface area (Å²) in [6, 6.07) is 11.5. The number of aromatic hydroxyl groups is 1. The molecule has 7 heteroatoms. The van der Waals surface area contributed by atoms with Gasteiger partial charge in [-0.15, -0.1) is 0 Å². The fourth-order valence-electron chi connectivity index (χ4n) is 2.01. The van der Waals surface area contributed by atoms with E-state index in [4.69, 9.17) is 5.26 Å². The fraction of sp³-hybridized carbons (Fsp3) is 0.125. The number of rotatable bonds is 4. The molecule has 0 aliphatic rings. The molecule has 0 unspecified atom stereocenters. The number of hydrogen-bond donors (Lipinski definition) is 1. The van der Waals surface area contributed by atoms with Crippen LogP contribution in [0.15, 0.2) is 47.4 Å². The normalized spacial score (nSPS) is 10.8. The molecular formula is C16H13NO5S. The minimum absolute atomic E-state index is 0.0214. The molecule has 0 spiro atoms. The van der Waals surface area contributed by atoms with Crippen LogP contribution < -0.4 is 0 Å². The van der Waals surface area contributed by atoms with E-state index in [1.165, 1.54) is 49.6 Å². The zero-order valence-electron chi connectivity index (χ0n) is 12.2. The maximum absolute atomic E-state index is 12.4. The molecule has 0 aliphatic heterocycles. The van der Waals surface area contributed by atoms with Crippen LogP contribution in [0.2, 0.25) is 0 Å². The van der Waals surface area contributed by atoms with Crippen molar-refractivity contribution in [3.8, 4) is 11.8 Å². The van der Waals surface area contributed by atoms with Gasteiger partial charge in [-0.1, -0.05) is 12.1 Å². The molecule has 0 radical (unpaired) electrons. The van der Waals surface area contributed by atoms with Crippen LogP contribution >= 0.6 is 0 Å². The Morgan fingerprint density at radius 3 is 2.61 bits per heavy atom. The van der Waals surface area contributed by atoms with E-state index in [-0.39, 0.29) is 27.5 Å². The first kappa shape index (κ1) is 16.5. The number of esters is 1. The van der Waals surface area contributed by atoms with Crippen molar-refractivity contribution in [2.75, 3.05) is 7.11 Å². The van der Waals surface area contributed by atoms with E-state index in [2.05, 4.69) is 4.74 Å². The first-order chi connectivity index (χ1) is 10.9. The first-order valence-corrected chi connectivity index (χ1v) is 8.16. The summed E-state index contributed by atoms with van der Waals surface area (Å²) < 4.78 is 29.3. The van der Waals surface area contributed by atoms with Gasteiger partial charge in [0.1, 0.15) is 11.3 Å². The van der Waals surface area contributed by atoms with Gasteiger partial charge in [0.25, 0.3) is 0 Å². The highest BCUT2D eigenvalue weighted by Gasteiger charge is 2.18. The van der Waals surface area contributed by atoms with E-state index in [1.54, 1.807) is 0 Å². The summed E-state index contributed by atoms with van der Waals surface area (Å²) in [5.74, 6) is -1.43. The Hall–Kier alpha value is -2.85. The van der Waals surface area contributed by atoms with Crippen molar-refractivity contribution < 1.29 is 23.1 Å². The third-order valence-corrected chi connectivity index (χ3v) is 4.83. The number of methoxy groups -OCH3 is 1. The molecule has 1 N–H and O–H groups in total. The van der Waals surface area contributed by atoms with Gasteiger partial charge in [0.15, 0.2) is 9.84 Å². The zero-order valence-corrected chi connectivity index (χ0v) is 13.0. The van der Waals surface area contributed by atoms with Gasteiger partial charge in [0.2, 0.25) is 0 Å². The summed E-state index contributed by atoms with van der Waals surface area (Å²) >= 11 is 0. The monoisotopic (exact) mass is 331 g/mol. The van der Waals surface area contributed by atoms with Crippen molar-refractivity contribution in [3.05, 3.63) is 59.2 Å². The Balaban J connectivity index is 2.32. The van der Waals surface area contributed by atoms with Gasteiger partial charge < -0.3 is 9.84 Å². The van der Waals surface area contributed by atoms with Crippen LogP contribution in [0.3, 0.4) is 0 Å². The van der Waals surface area contributed by atoms with E-state index in [1.807, 2.05) is 6.07 Å². The summed E-state index contributed by atoms with van der Waals surface area (Å²) in [6.07, 6.45) is 0. The van der Waals surface area contributed by atoms with E-state index in [0.29, 0.717) is 5.56 Å². The van der Waals surface area contributed by atoms with Crippen LogP contribution in [0.4, 0.5) is 0 Å². The number of sulfone groups is 1. The molecule has 0 atom stereocenters. The SMILES string of the molecule is COC(=O)c1ccc(CS(=O)(=O)c2cccc(C#N)c2)cc1O. The Morgan fingerprint density at radius 2 is 2.00 bits per heavy atom. The van der Waals surface area contributed by atoms with Gasteiger partial charge in [0.05, 0.1) is 29.4 Å². The lowest BCUT2D eigenvalue weighted by Crippen LogP contribution is -2.06. The third-order valence-electron chi connectivity index (χ3n) is 3.15. The van der Waals surface area contributed by atoms with E-state index in [0.717, 1.165) is 0 Å². The lowest BCUT2D eigenvalue weighted by Gasteiger charge is -2.07. The minimum atomic E-state index is -3.68. The number of benzene rings is 2. The molecule has 0 aliphatic carbocycles. The Morgan fingerprint density at radius 1 is 1.26 bits per heavy atom. The second kappa shape index (κ2) is 6.50. The molecule has 0 amide bonds. The fourth-order valence-corrected chi connectivity index (χ4v) is 3.39. The lowest BCUT2D eigenvalue weighted by atomic mass is 10.1. The Labute approximate surface area is 133 Å². The predicted octanol–water partition coefficient (Wildman–Crippen LogP) is 2.02. The van der Waals surface area contributed by atoms with E-state index >= 15 is 0 Å². The molecule has 0 fully saturated rings. The van der Waals surface area contributed by atoms with Gasteiger partial charge in [-0.25, -0.2) is 13.2 Å². The molecule has 0 aromatic heterocycles. The van der Waals surface area contributed by atoms with Crippen molar-refractivity contribution >= 4 is 15.8 Å². The number of carbonyl (C=O) groups is 1. The highest BCUT2D eigenvalue weighted by atomic mass is 32.2. The van der Waals surface area contributed by atoms with Gasteiger partial charge in [-0.3, -0.25) is 0 Å². The van der Waals surface area contributed by atoms with Crippen LogP contribution in [0.5, 0.6) is 5.75 Å². The predicted molar refractivity (Wildman–Crippen MR) is 81.5 cm³/mol. The minimum Gasteiger partial charge on any atom is -0.507 e. The molecule has 6 nitrogen and oxygen atoms in total. The first-order valence-electron chi connectivity index (χ1n) is 6.50. The molecule has 0 saturated carbocycles. The molecule has 0 bridgehead atoms. The summed E-state index contributed by atoms with van der Waals surface area (Å²) in [6.45, 7) is 0. The molecule has 23 heavy (non-hydrogen) atoms. The van der Waals surface area contributed by atoms with Crippen molar-refractivity contribution in [1.82, 2.24) is 0 Å². The van der Waals surface area contributed by atoms with Gasteiger partial charge in [-0.05, 0) is 35.9 Å². The largest absolute Gasteiger partial charge is 0.507 e. The molecule has 2 aromatic carbocycles. The van der Waals surface area contributed by atoms with E-state index < -0.39 is 15.8 Å². The average Bonchev–Trinajstić information content (AvgIpc) is 2.54. The number of carbonyl (C=O) groups excluding carboxylic acids is 1. The van der Waals surface area contributed by atoms with Crippen LogP contribution in [-0.4, -0.2) is 26.6 Å². The molecule has 0 heterocycles. The van der Waals surface area contributed by atoms with Crippen LogP contribution in [0, 0.1) is 11.3 Å². The van der Waals surface area contributed by atoms with Crippen LogP contribution in [-0.2, 0) is 20.3 Å². The number of nitriles is 1. The molecular weight excluding hydrogens is 318 g/mol. The summed E-state index contributed by atoms with van der Waals surface area (Å²) in [5, 5.41) is 18.6. The number of ether oxygens (including phenoxy) is 1. The molecule has 0 saturated heterocycles. The highest BCUT2D eigenvalue weighted by molar-refractivity contribution is 7.90. The van der Waals surface area contributed by atoms with Gasteiger partial charge in [-0.2, -0.15) is 5.26 Å². The quantitative estimate of drug-likeness (QED) is 0.860. The topological polar surface area (TPSA) is 104 Å². The molecule has 2 rings (SSSR count). The smallest absolute Gasteiger partial charge is 0.341 e. The molecule has 118 valence electrons. The second-order valence-corrected chi connectivity index (χ2v) is 6.73. The van der Waals surface area contributed by atoms with Crippen LogP contribution in [0.25, 0.3) is 0 Å². The van der Waals surface area contributed by atoms with E-state index in [9.17, 15) is 18.3 Å². The number of hydrogen-bond acceptors (Lipinski definition) is 6. The third kappa shape index (κ3) is 3.67. The maximum Gasteiger partial charge on any atom is 0.341 e. The Kier molecular flexibility index (Phi) is 4.67. The number of nitrogens with zero attached hydrogens (tertiary/aromatic N) is 1. The Bertz CT molecular complexity index is 897. The van der Waals surface area contributed by atoms with Gasteiger partial charge in [0, 0.05) is 0 Å². The van der Waals surface area contributed by atoms with Crippen molar-refractivity contribution in [3.63, 3.8) is 0 Å². The summed E-state index contributed by atoms with van der Waals surface area (Å²) in [7, 11) is -2.50. The van der Waals surface area contributed by atoms with Crippen LogP contribution in [0.1, 0.15) is 21.5 Å². The number of phenolic OH excluding ortho intramolecular Hbond substituents is 1.